The molecule has 5 N–H and O–H groups in total. The summed E-state index contributed by atoms with van der Waals surface area (Å²) in [6.07, 6.45) is 0.789. The van der Waals surface area contributed by atoms with Gasteiger partial charge in [-0.1, -0.05) is 54.6 Å². The number of nitrogens with zero attached hydrogens (tertiary/aromatic N) is 2. The minimum atomic E-state index is -4.76. The van der Waals surface area contributed by atoms with Crippen LogP contribution >= 0.6 is 7.82 Å². The lowest BCUT2D eigenvalue weighted by Gasteiger charge is -2.43. The second-order valence-corrected chi connectivity index (χ2v) is 12.7. The molecular formula is C32H36N5O9P. The van der Waals surface area contributed by atoms with Crippen molar-refractivity contribution >= 4 is 48.1 Å². The van der Waals surface area contributed by atoms with Gasteiger partial charge in [-0.2, -0.15) is 0 Å². The summed E-state index contributed by atoms with van der Waals surface area (Å²) in [5.74, 6) is -2.62. The molecule has 14 nitrogen and oxygen atoms in total. The van der Waals surface area contributed by atoms with Gasteiger partial charge in [-0.05, 0) is 53.3 Å². The van der Waals surface area contributed by atoms with Gasteiger partial charge in [0.15, 0.2) is 0 Å². The van der Waals surface area contributed by atoms with Crippen molar-refractivity contribution in [3.05, 3.63) is 77.9 Å². The van der Waals surface area contributed by atoms with E-state index in [0.29, 0.717) is 18.4 Å². The van der Waals surface area contributed by atoms with Crippen LogP contribution in [0.25, 0.3) is 10.8 Å². The number of rotatable bonds is 10. The second kappa shape index (κ2) is 14.3. The molecule has 2 aliphatic heterocycles. The van der Waals surface area contributed by atoms with Gasteiger partial charge >= 0.3 is 7.82 Å². The zero-order valence-electron chi connectivity index (χ0n) is 25.6. The van der Waals surface area contributed by atoms with Crippen molar-refractivity contribution in [3.63, 3.8) is 0 Å². The van der Waals surface area contributed by atoms with Gasteiger partial charge in [-0.15, -0.1) is 0 Å². The number of nitrogens with one attached hydrogen (secondary N) is 3. The number of hydrazine groups is 1. The molecule has 248 valence electrons. The van der Waals surface area contributed by atoms with Gasteiger partial charge in [0.05, 0.1) is 0 Å². The van der Waals surface area contributed by atoms with E-state index in [1.54, 1.807) is 0 Å². The molecule has 0 bridgehead atoms. The van der Waals surface area contributed by atoms with Crippen LogP contribution in [0.3, 0.4) is 0 Å². The summed E-state index contributed by atoms with van der Waals surface area (Å²) >= 11 is 0. The lowest BCUT2D eigenvalue weighted by molar-refractivity contribution is -0.176. The number of phosphoric ester groups is 1. The minimum absolute atomic E-state index is 0.00194. The number of carbonyl (C=O) groups is 5. The number of carbonyl (C=O) groups excluding carboxylic acids is 5. The molecule has 5 rings (SSSR count). The van der Waals surface area contributed by atoms with E-state index in [1.807, 2.05) is 42.5 Å². The first-order valence-electron chi connectivity index (χ1n) is 15.2. The van der Waals surface area contributed by atoms with Crippen molar-refractivity contribution < 1.29 is 42.8 Å². The fourth-order valence-electron chi connectivity index (χ4n) is 5.94. The van der Waals surface area contributed by atoms with Crippen LogP contribution in [0.2, 0.25) is 0 Å². The number of benzene rings is 3. The lowest BCUT2D eigenvalue weighted by atomic mass is 10.0. The lowest BCUT2D eigenvalue weighted by Crippen LogP contribution is -2.64. The molecule has 3 aromatic carbocycles. The normalized spacial score (nSPS) is 19.0. The zero-order valence-corrected chi connectivity index (χ0v) is 26.5. The Bertz CT molecular complexity index is 1720. The Morgan fingerprint density at radius 2 is 1.72 bits per heavy atom. The summed E-state index contributed by atoms with van der Waals surface area (Å²) in [4.78, 5) is 84.1. The molecule has 2 fully saturated rings. The van der Waals surface area contributed by atoms with Gasteiger partial charge in [0.1, 0.15) is 23.9 Å². The molecule has 2 heterocycles. The number of hydrogen-bond donors (Lipinski definition) is 5. The van der Waals surface area contributed by atoms with Gasteiger partial charge in [-0.25, -0.2) is 9.57 Å². The zero-order chi connectivity index (χ0) is 33.7. The van der Waals surface area contributed by atoms with E-state index in [-0.39, 0.29) is 44.0 Å². The number of fused-ring (bicyclic) bond motifs is 2. The van der Waals surface area contributed by atoms with Crippen molar-refractivity contribution in [2.45, 2.75) is 63.7 Å². The predicted octanol–water partition coefficient (Wildman–Crippen LogP) is 1.69. The van der Waals surface area contributed by atoms with E-state index >= 15 is 0 Å². The van der Waals surface area contributed by atoms with Crippen LogP contribution in [-0.2, 0) is 41.5 Å². The molecule has 3 atom stereocenters. The quantitative estimate of drug-likeness (QED) is 0.200. The average molecular weight is 666 g/mol. The summed E-state index contributed by atoms with van der Waals surface area (Å²) in [7, 11) is -4.76. The average Bonchev–Trinajstić information content (AvgIpc) is 3.15. The van der Waals surface area contributed by atoms with Crippen LogP contribution < -0.4 is 20.5 Å². The number of amides is 5. The Balaban J connectivity index is 1.30. The Kier molecular flexibility index (Phi) is 10.2. The Hall–Kier alpha value is -4.78. The highest BCUT2D eigenvalue weighted by molar-refractivity contribution is 7.46. The fraction of sp³-hybridized carbons (Fsp3) is 0.344. The summed E-state index contributed by atoms with van der Waals surface area (Å²) in [6, 6.07) is 16.0. The molecule has 2 saturated heterocycles. The summed E-state index contributed by atoms with van der Waals surface area (Å²) in [5.41, 5.74) is 1.44. The van der Waals surface area contributed by atoms with Crippen LogP contribution in [0, 0.1) is 0 Å². The smallest absolute Gasteiger partial charge is 0.404 e. The van der Waals surface area contributed by atoms with Gasteiger partial charge in [0, 0.05) is 32.9 Å². The van der Waals surface area contributed by atoms with Crippen LogP contribution in [-0.4, -0.2) is 74.0 Å². The molecule has 47 heavy (non-hydrogen) atoms. The molecular weight excluding hydrogens is 629 g/mol. The monoisotopic (exact) mass is 665 g/mol. The van der Waals surface area contributed by atoms with Crippen molar-refractivity contribution in [2.24, 2.45) is 0 Å². The van der Waals surface area contributed by atoms with Crippen molar-refractivity contribution in [3.8, 4) is 5.75 Å². The molecule has 0 saturated carbocycles. The van der Waals surface area contributed by atoms with E-state index in [1.165, 1.54) is 41.2 Å². The van der Waals surface area contributed by atoms with E-state index in [4.69, 9.17) is 9.79 Å². The SMILES string of the molecule is CC(=O)NC(Cc1ccc(OP(=O)(O)O)cc1)C(=O)NC1CCC(=O)N2CCCC(C(=O)NCc3cccc4ccccc34)N2C1=O. The number of hydrogen-bond acceptors (Lipinski definition) is 7. The summed E-state index contributed by atoms with van der Waals surface area (Å²) in [5, 5.41) is 12.7. The van der Waals surface area contributed by atoms with E-state index in [9.17, 15) is 28.5 Å². The largest absolute Gasteiger partial charge is 0.524 e. The van der Waals surface area contributed by atoms with Gasteiger partial charge < -0.3 is 20.5 Å². The highest BCUT2D eigenvalue weighted by Crippen LogP contribution is 2.37. The molecule has 0 aromatic heterocycles. The van der Waals surface area contributed by atoms with Crippen LogP contribution in [0.15, 0.2) is 66.7 Å². The molecule has 2 aliphatic rings. The minimum Gasteiger partial charge on any atom is -0.404 e. The first-order chi connectivity index (χ1) is 22.4. The van der Waals surface area contributed by atoms with Crippen LogP contribution in [0.4, 0.5) is 0 Å². The van der Waals surface area contributed by atoms with Gasteiger partial charge in [-0.3, -0.25) is 38.8 Å². The Morgan fingerprint density at radius 1 is 1.00 bits per heavy atom. The standard InChI is InChI=1S/C32H36N5O9P/c1-20(38)34-27(18-21-11-13-24(14-12-21)46-47(43,44)45)30(40)35-26-15-16-29(39)36-17-5-10-28(37(36)32(26)42)31(41)33-19-23-8-4-7-22-6-2-3-9-25(22)23/h2-4,6-9,11-14,26-28H,5,10,15-19H2,1H3,(H,33,41)(H,34,38)(H,35,40)(H2,43,44,45). The molecule has 0 radical (unpaired) electrons. The number of phosphoric acid groups is 1. The first kappa shape index (κ1) is 33.6. The van der Waals surface area contributed by atoms with Gasteiger partial charge in [0.25, 0.3) is 5.91 Å². The van der Waals surface area contributed by atoms with Crippen molar-refractivity contribution in [2.75, 3.05) is 6.54 Å². The first-order valence-corrected chi connectivity index (χ1v) is 16.7. The molecule has 3 aromatic rings. The third-order valence-corrected chi connectivity index (χ3v) is 8.54. The maximum absolute atomic E-state index is 14.0. The maximum Gasteiger partial charge on any atom is 0.524 e. The second-order valence-electron chi connectivity index (χ2n) is 11.5. The Morgan fingerprint density at radius 3 is 2.45 bits per heavy atom. The topological polar surface area (TPSA) is 195 Å². The third kappa shape index (κ3) is 8.33. The van der Waals surface area contributed by atoms with Crippen LogP contribution in [0.5, 0.6) is 5.75 Å². The predicted molar refractivity (Wildman–Crippen MR) is 169 cm³/mol. The molecule has 3 unspecified atom stereocenters. The van der Waals surface area contributed by atoms with E-state index in [0.717, 1.165) is 16.3 Å². The highest BCUT2D eigenvalue weighted by atomic mass is 31.2. The molecule has 0 aliphatic carbocycles. The maximum atomic E-state index is 14.0. The Labute approximate surface area is 270 Å². The molecule has 15 heteroatoms. The third-order valence-electron chi connectivity index (χ3n) is 8.10. The highest BCUT2D eigenvalue weighted by Gasteiger charge is 2.45. The van der Waals surface area contributed by atoms with Gasteiger partial charge in [0.2, 0.25) is 23.6 Å². The fourth-order valence-corrected chi connectivity index (χ4v) is 6.34. The van der Waals surface area contributed by atoms with E-state index < -0.39 is 49.6 Å². The van der Waals surface area contributed by atoms with Crippen LogP contribution in [0.1, 0.15) is 43.7 Å². The summed E-state index contributed by atoms with van der Waals surface area (Å²) < 4.78 is 15.7. The van der Waals surface area contributed by atoms with Crippen molar-refractivity contribution in [1.29, 1.82) is 0 Å². The van der Waals surface area contributed by atoms with Crippen molar-refractivity contribution in [1.82, 2.24) is 26.0 Å². The molecule has 0 spiro atoms. The summed E-state index contributed by atoms with van der Waals surface area (Å²) in [6.45, 7) is 1.71. The molecule has 5 amide bonds. The van der Waals surface area contributed by atoms with E-state index in [2.05, 4.69) is 20.5 Å².